The fourth-order valence-corrected chi connectivity index (χ4v) is 4.20. The van der Waals surface area contributed by atoms with Gasteiger partial charge in [0, 0.05) is 50.9 Å². The molecule has 0 spiro atoms. The van der Waals surface area contributed by atoms with Gasteiger partial charge in [0.1, 0.15) is 5.82 Å². The van der Waals surface area contributed by atoms with Gasteiger partial charge in [0.05, 0.1) is 0 Å². The molecule has 1 amide bonds. The minimum Gasteiger partial charge on any atom is -0.374 e. The Morgan fingerprint density at radius 3 is 2.58 bits per heavy atom. The first-order valence-electron chi connectivity index (χ1n) is 8.98. The number of nitrogens with zero attached hydrogens (tertiary/aromatic N) is 2. The molecule has 0 radical (unpaired) electrons. The van der Waals surface area contributed by atoms with Crippen LogP contribution in [0.25, 0.3) is 0 Å². The molecule has 26 heavy (non-hydrogen) atoms. The lowest BCUT2D eigenvalue weighted by Gasteiger charge is -2.30. The van der Waals surface area contributed by atoms with Gasteiger partial charge in [-0.3, -0.25) is 4.79 Å². The highest BCUT2D eigenvalue weighted by atomic mass is 19.4. The first-order valence-corrected chi connectivity index (χ1v) is 8.98. The third-order valence-electron chi connectivity index (χ3n) is 5.51. The number of aryl methyl sites for hydroxylation is 1. The largest absolute Gasteiger partial charge is 0.424 e. The molecule has 0 aromatic carbocycles. The highest BCUT2D eigenvalue weighted by molar-refractivity contribution is 5.76. The summed E-state index contributed by atoms with van der Waals surface area (Å²) in [4.78, 5) is 15.8. The van der Waals surface area contributed by atoms with E-state index in [-0.39, 0.29) is 18.4 Å². The third-order valence-corrected chi connectivity index (χ3v) is 5.51. The van der Waals surface area contributed by atoms with Crippen LogP contribution in [0.1, 0.15) is 44.3 Å². The standard InChI is InChI=1S/C17H25F3N4O2/c1-24-7-6-22-15(24)16(26,17(18,19)20)4-5-21-14(25)10-11-8-12-2-3-13(9-11)23-12/h6-7,11-13,23,26H,2-5,8-10H2,1H3,(H,21,25). The molecule has 146 valence electrons. The van der Waals surface area contributed by atoms with Crippen molar-refractivity contribution in [1.29, 1.82) is 0 Å². The van der Waals surface area contributed by atoms with Crippen molar-refractivity contribution >= 4 is 5.91 Å². The molecule has 3 N–H and O–H groups in total. The fraction of sp³-hybridized carbons (Fsp3) is 0.765. The first kappa shape index (κ1) is 19.2. The lowest BCUT2D eigenvalue weighted by atomic mass is 9.89. The average molecular weight is 374 g/mol. The lowest BCUT2D eigenvalue weighted by molar-refractivity contribution is -0.272. The Kier molecular flexibility index (Phi) is 5.30. The average Bonchev–Trinajstić information content (AvgIpc) is 3.11. The number of fused-ring (bicyclic) bond motifs is 2. The van der Waals surface area contributed by atoms with Crippen LogP contribution >= 0.6 is 0 Å². The number of aliphatic hydroxyl groups is 1. The molecule has 2 saturated heterocycles. The number of halogens is 3. The summed E-state index contributed by atoms with van der Waals surface area (Å²) in [6.07, 6.45) is 1.44. The van der Waals surface area contributed by atoms with E-state index in [1.54, 1.807) is 0 Å². The van der Waals surface area contributed by atoms with Crippen LogP contribution in [0.2, 0.25) is 0 Å². The van der Waals surface area contributed by atoms with Crippen LogP contribution in [-0.4, -0.2) is 45.4 Å². The monoisotopic (exact) mass is 374 g/mol. The maximum Gasteiger partial charge on any atom is 0.424 e. The van der Waals surface area contributed by atoms with Crippen molar-refractivity contribution in [2.45, 2.75) is 62.4 Å². The molecule has 6 nitrogen and oxygen atoms in total. The first-order chi connectivity index (χ1) is 12.2. The quantitative estimate of drug-likeness (QED) is 0.707. The van der Waals surface area contributed by atoms with Crippen LogP contribution in [0.5, 0.6) is 0 Å². The summed E-state index contributed by atoms with van der Waals surface area (Å²) < 4.78 is 41.4. The van der Waals surface area contributed by atoms with Gasteiger partial charge in [0.25, 0.3) is 0 Å². The smallest absolute Gasteiger partial charge is 0.374 e. The van der Waals surface area contributed by atoms with Crippen molar-refractivity contribution in [2.75, 3.05) is 6.54 Å². The molecule has 2 aliphatic heterocycles. The number of aromatic nitrogens is 2. The van der Waals surface area contributed by atoms with Gasteiger partial charge < -0.3 is 20.3 Å². The SMILES string of the molecule is Cn1ccnc1C(O)(CCNC(=O)CC1CC2CCC(C1)N2)C(F)(F)F. The topological polar surface area (TPSA) is 79.2 Å². The molecule has 3 unspecified atom stereocenters. The van der Waals surface area contributed by atoms with Gasteiger partial charge in [0.15, 0.2) is 0 Å². The molecule has 3 atom stereocenters. The second-order valence-corrected chi connectivity index (χ2v) is 7.50. The number of alkyl halides is 3. The summed E-state index contributed by atoms with van der Waals surface area (Å²) in [7, 11) is 1.39. The third kappa shape index (κ3) is 3.88. The Hall–Kier alpha value is -1.61. The second-order valence-electron chi connectivity index (χ2n) is 7.50. The highest BCUT2D eigenvalue weighted by Crippen LogP contribution is 2.40. The van der Waals surface area contributed by atoms with E-state index in [0.717, 1.165) is 30.3 Å². The minimum atomic E-state index is -4.88. The highest BCUT2D eigenvalue weighted by Gasteiger charge is 2.57. The number of carbonyl (C=O) groups is 1. The van der Waals surface area contributed by atoms with E-state index in [0.29, 0.717) is 18.5 Å². The van der Waals surface area contributed by atoms with Crippen molar-refractivity contribution in [3.63, 3.8) is 0 Å². The summed E-state index contributed by atoms with van der Waals surface area (Å²) in [5, 5.41) is 16.3. The van der Waals surface area contributed by atoms with Gasteiger partial charge in [-0.05, 0) is 31.6 Å². The summed E-state index contributed by atoms with van der Waals surface area (Å²) in [5.41, 5.74) is -3.09. The van der Waals surface area contributed by atoms with E-state index in [4.69, 9.17) is 0 Å². The van der Waals surface area contributed by atoms with Gasteiger partial charge in [-0.1, -0.05) is 0 Å². The molecule has 3 rings (SSSR count). The number of piperidine rings is 1. The summed E-state index contributed by atoms with van der Waals surface area (Å²) >= 11 is 0. The molecular formula is C17H25F3N4O2. The minimum absolute atomic E-state index is 0.263. The Labute approximate surface area is 150 Å². The molecule has 2 bridgehead atoms. The van der Waals surface area contributed by atoms with Gasteiger partial charge in [0.2, 0.25) is 11.5 Å². The van der Waals surface area contributed by atoms with Gasteiger partial charge >= 0.3 is 6.18 Å². The molecule has 0 aliphatic carbocycles. The number of imidazole rings is 1. The van der Waals surface area contributed by atoms with Crippen molar-refractivity contribution in [3.8, 4) is 0 Å². The predicted octanol–water partition coefficient (Wildman–Crippen LogP) is 1.60. The number of hydrogen-bond donors (Lipinski definition) is 3. The molecule has 1 aromatic rings. The molecular weight excluding hydrogens is 349 g/mol. The van der Waals surface area contributed by atoms with Crippen LogP contribution in [0.15, 0.2) is 12.4 Å². The van der Waals surface area contributed by atoms with Crippen molar-refractivity contribution in [2.24, 2.45) is 13.0 Å². The van der Waals surface area contributed by atoms with Gasteiger partial charge in [-0.15, -0.1) is 0 Å². The van der Waals surface area contributed by atoms with Crippen molar-refractivity contribution < 1.29 is 23.1 Å². The molecule has 2 aliphatic rings. The zero-order chi connectivity index (χ0) is 18.9. The van der Waals surface area contributed by atoms with Crippen LogP contribution in [0.4, 0.5) is 13.2 Å². The summed E-state index contributed by atoms with van der Waals surface area (Å²) in [6, 6.07) is 0.926. The Balaban J connectivity index is 1.53. The van der Waals surface area contributed by atoms with Crippen LogP contribution in [-0.2, 0) is 17.4 Å². The molecule has 3 heterocycles. The molecule has 1 aromatic heterocycles. The van der Waals surface area contributed by atoms with Crippen LogP contribution < -0.4 is 10.6 Å². The Bertz CT molecular complexity index is 636. The van der Waals surface area contributed by atoms with E-state index in [2.05, 4.69) is 15.6 Å². The predicted molar refractivity (Wildman–Crippen MR) is 88.1 cm³/mol. The summed E-state index contributed by atoms with van der Waals surface area (Å²) in [6.45, 7) is -0.264. The molecule has 0 saturated carbocycles. The molecule has 9 heteroatoms. The number of amides is 1. The van der Waals surface area contributed by atoms with E-state index in [9.17, 15) is 23.1 Å². The van der Waals surface area contributed by atoms with Gasteiger partial charge in [-0.25, -0.2) is 4.98 Å². The van der Waals surface area contributed by atoms with Crippen LogP contribution in [0.3, 0.4) is 0 Å². The Morgan fingerprint density at radius 2 is 2.04 bits per heavy atom. The van der Waals surface area contributed by atoms with Crippen molar-refractivity contribution in [3.05, 3.63) is 18.2 Å². The van der Waals surface area contributed by atoms with E-state index in [1.165, 1.54) is 19.4 Å². The maximum atomic E-state index is 13.4. The number of hydrogen-bond acceptors (Lipinski definition) is 4. The van der Waals surface area contributed by atoms with Gasteiger partial charge in [-0.2, -0.15) is 13.2 Å². The zero-order valence-electron chi connectivity index (χ0n) is 14.7. The van der Waals surface area contributed by atoms with E-state index in [1.807, 2.05) is 0 Å². The normalized spacial score (nSPS) is 28.0. The number of carbonyl (C=O) groups excluding carboxylic acids is 1. The van der Waals surface area contributed by atoms with E-state index >= 15 is 0 Å². The van der Waals surface area contributed by atoms with Crippen LogP contribution in [0, 0.1) is 5.92 Å². The second kappa shape index (κ2) is 7.19. The number of nitrogens with one attached hydrogen (secondary N) is 2. The lowest BCUT2D eigenvalue weighted by Crippen LogP contribution is -2.47. The molecule has 2 fully saturated rings. The fourth-order valence-electron chi connectivity index (χ4n) is 4.20. The van der Waals surface area contributed by atoms with E-state index < -0.39 is 24.0 Å². The Morgan fingerprint density at radius 1 is 1.38 bits per heavy atom. The zero-order valence-corrected chi connectivity index (χ0v) is 14.7. The number of rotatable bonds is 6. The van der Waals surface area contributed by atoms with Crippen molar-refractivity contribution in [1.82, 2.24) is 20.2 Å². The summed E-state index contributed by atoms with van der Waals surface area (Å²) in [5.74, 6) is -0.473. The maximum absolute atomic E-state index is 13.4.